The summed E-state index contributed by atoms with van der Waals surface area (Å²) in [4.78, 5) is 37.4. The van der Waals surface area contributed by atoms with Gasteiger partial charge < -0.3 is 9.47 Å². The molecule has 0 aromatic carbocycles. The number of ether oxygens (including phenoxy) is 2. The first kappa shape index (κ1) is 18.0. The first-order chi connectivity index (χ1) is 10.2. The Labute approximate surface area is 131 Å². The largest absolute Gasteiger partial charge is 0.467 e. The van der Waals surface area contributed by atoms with Crippen molar-refractivity contribution < 1.29 is 23.9 Å². The molecule has 1 rings (SSSR count). The molecule has 22 heavy (non-hydrogen) atoms. The van der Waals surface area contributed by atoms with Gasteiger partial charge in [-0.15, -0.1) is 11.8 Å². The van der Waals surface area contributed by atoms with Gasteiger partial charge in [-0.3, -0.25) is 4.79 Å². The smallest absolute Gasteiger partial charge is 0.417 e. The SMILES string of the molecule is CC#CCC[C@H]1C[C@@H](C(=O)OC)N(C(=O)OC(C)(C)C)C1=O. The Balaban J connectivity index is 2.93. The van der Waals surface area contributed by atoms with Gasteiger partial charge in [-0.2, -0.15) is 0 Å². The number of amides is 2. The van der Waals surface area contributed by atoms with Gasteiger partial charge in [0.05, 0.1) is 7.11 Å². The Bertz CT molecular complexity index is 509. The standard InChI is InChI=1S/C16H23NO5/c1-6-7-8-9-11-10-12(14(19)21-5)17(13(11)18)15(20)22-16(2,3)4/h11-12H,8-10H2,1-5H3/t11-,12-/m0/s1. The van der Waals surface area contributed by atoms with Crippen molar-refractivity contribution in [3.05, 3.63) is 0 Å². The molecule has 0 radical (unpaired) electrons. The van der Waals surface area contributed by atoms with Crippen molar-refractivity contribution in [3.63, 3.8) is 0 Å². The zero-order valence-corrected chi connectivity index (χ0v) is 13.8. The molecule has 2 amide bonds. The van der Waals surface area contributed by atoms with Gasteiger partial charge >= 0.3 is 12.1 Å². The third-order valence-corrected chi connectivity index (χ3v) is 3.26. The van der Waals surface area contributed by atoms with Gasteiger partial charge in [0.2, 0.25) is 5.91 Å². The van der Waals surface area contributed by atoms with Crippen LogP contribution in [0.5, 0.6) is 0 Å². The summed E-state index contributed by atoms with van der Waals surface area (Å²) in [6, 6.07) is -0.924. The number of likely N-dealkylation sites (tertiary alicyclic amines) is 1. The Hall–Kier alpha value is -2.03. The van der Waals surface area contributed by atoms with Gasteiger partial charge in [0.25, 0.3) is 0 Å². The van der Waals surface area contributed by atoms with Crippen molar-refractivity contribution in [1.29, 1.82) is 0 Å². The second kappa shape index (κ2) is 7.30. The first-order valence-electron chi connectivity index (χ1n) is 7.24. The minimum Gasteiger partial charge on any atom is -0.467 e. The maximum atomic E-state index is 12.4. The van der Waals surface area contributed by atoms with Gasteiger partial charge in [-0.25, -0.2) is 14.5 Å². The molecular formula is C16H23NO5. The number of nitrogens with zero attached hydrogens (tertiary/aromatic N) is 1. The Morgan fingerprint density at radius 2 is 2.00 bits per heavy atom. The van der Waals surface area contributed by atoms with E-state index in [2.05, 4.69) is 11.8 Å². The molecular weight excluding hydrogens is 286 g/mol. The third kappa shape index (κ3) is 4.48. The van der Waals surface area contributed by atoms with Crippen molar-refractivity contribution in [1.82, 2.24) is 4.90 Å². The fourth-order valence-electron chi connectivity index (χ4n) is 2.30. The van der Waals surface area contributed by atoms with E-state index in [1.165, 1.54) is 7.11 Å². The highest BCUT2D eigenvalue weighted by molar-refractivity contribution is 6.00. The first-order valence-corrected chi connectivity index (χ1v) is 7.24. The second-order valence-corrected chi connectivity index (χ2v) is 6.13. The molecule has 122 valence electrons. The molecule has 0 N–H and O–H groups in total. The highest BCUT2D eigenvalue weighted by Gasteiger charge is 2.48. The van der Waals surface area contributed by atoms with Crippen LogP contribution in [0.3, 0.4) is 0 Å². The summed E-state index contributed by atoms with van der Waals surface area (Å²) in [5, 5.41) is 0. The van der Waals surface area contributed by atoms with E-state index in [9.17, 15) is 14.4 Å². The summed E-state index contributed by atoms with van der Waals surface area (Å²) in [5.74, 6) is 4.21. The molecule has 0 saturated carbocycles. The molecule has 0 unspecified atom stereocenters. The number of hydrogen-bond acceptors (Lipinski definition) is 5. The van der Waals surface area contributed by atoms with E-state index >= 15 is 0 Å². The zero-order chi connectivity index (χ0) is 16.9. The number of carbonyl (C=O) groups is 3. The average Bonchev–Trinajstić information content (AvgIpc) is 2.74. The minimum absolute atomic E-state index is 0.246. The molecule has 0 spiro atoms. The van der Waals surface area contributed by atoms with Crippen molar-refractivity contribution in [2.45, 2.75) is 58.6 Å². The molecule has 0 bridgehead atoms. The highest BCUT2D eigenvalue weighted by Crippen LogP contribution is 2.30. The van der Waals surface area contributed by atoms with Crippen LogP contribution < -0.4 is 0 Å². The molecule has 6 nitrogen and oxygen atoms in total. The number of rotatable bonds is 3. The number of carbonyl (C=O) groups excluding carboxylic acids is 3. The van der Waals surface area contributed by atoms with Gasteiger partial charge in [0.1, 0.15) is 11.6 Å². The van der Waals surface area contributed by atoms with Crippen LogP contribution in [0.1, 0.15) is 47.0 Å². The summed E-state index contributed by atoms with van der Waals surface area (Å²) in [5.41, 5.74) is -0.746. The molecule has 6 heteroatoms. The van der Waals surface area contributed by atoms with E-state index in [1.54, 1.807) is 27.7 Å². The van der Waals surface area contributed by atoms with Crippen LogP contribution in [0.15, 0.2) is 0 Å². The topological polar surface area (TPSA) is 72.9 Å². The maximum Gasteiger partial charge on any atom is 0.417 e. The van der Waals surface area contributed by atoms with E-state index in [-0.39, 0.29) is 6.42 Å². The van der Waals surface area contributed by atoms with Crippen LogP contribution in [0, 0.1) is 17.8 Å². The summed E-state index contributed by atoms with van der Waals surface area (Å²) < 4.78 is 9.92. The Morgan fingerprint density at radius 3 is 2.50 bits per heavy atom. The summed E-state index contributed by atoms with van der Waals surface area (Å²) in [6.45, 7) is 6.83. The second-order valence-electron chi connectivity index (χ2n) is 6.13. The van der Waals surface area contributed by atoms with Crippen LogP contribution in [-0.2, 0) is 19.1 Å². The third-order valence-electron chi connectivity index (χ3n) is 3.26. The molecule has 1 aliphatic rings. The van der Waals surface area contributed by atoms with E-state index < -0.39 is 35.5 Å². The number of methoxy groups -OCH3 is 1. The van der Waals surface area contributed by atoms with E-state index in [4.69, 9.17) is 9.47 Å². The Morgan fingerprint density at radius 1 is 1.36 bits per heavy atom. The maximum absolute atomic E-state index is 12.4. The lowest BCUT2D eigenvalue weighted by molar-refractivity contribution is -0.148. The predicted molar refractivity (Wildman–Crippen MR) is 79.7 cm³/mol. The predicted octanol–water partition coefficient (Wildman–Crippen LogP) is 2.12. The number of esters is 1. The van der Waals surface area contributed by atoms with Crippen LogP contribution in [0.25, 0.3) is 0 Å². The van der Waals surface area contributed by atoms with Gasteiger partial charge in [0, 0.05) is 12.3 Å². The Kier molecular flexibility index (Phi) is 5.98. The zero-order valence-electron chi connectivity index (χ0n) is 13.8. The summed E-state index contributed by atoms with van der Waals surface area (Å²) in [6.07, 6.45) is 0.489. The fourth-order valence-corrected chi connectivity index (χ4v) is 2.30. The molecule has 0 aromatic rings. The lowest BCUT2D eigenvalue weighted by Gasteiger charge is -2.26. The number of imide groups is 1. The van der Waals surface area contributed by atoms with Gasteiger partial charge in [-0.1, -0.05) is 0 Å². The van der Waals surface area contributed by atoms with Crippen LogP contribution in [0.4, 0.5) is 4.79 Å². The fraction of sp³-hybridized carbons (Fsp3) is 0.688. The van der Waals surface area contributed by atoms with E-state index in [0.29, 0.717) is 12.8 Å². The molecule has 0 aliphatic carbocycles. The van der Waals surface area contributed by atoms with Crippen molar-refractivity contribution in [2.75, 3.05) is 7.11 Å². The van der Waals surface area contributed by atoms with Gasteiger partial charge in [-0.05, 0) is 40.5 Å². The highest BCUT2D eigenvalue weighted by atomic mass is 16.6. The lowest BCUT2D eigenvalue weighted by atomic mass is 9.99. The van der Waals surface area contributed by atoms with Gasteiger partial charge in [0.15, 0.2) is 0 Å². The molecule has 1 fully saturated rings. The van der Waals surface area contributed by atoms with Crippen molar-refractivity contribution >= 4 is 18.0 Å². The van der Waals surface area contributed by atoms with E-state index in [1.807, 2.05) is 0 Å². The number of hydrogen-bond donors (Lipinski definition) is 0. The van der Waals surface area contributed by atoms with Crippen LogP contribution in [0.2, 0.25) is 0 Å². The lowest BCUT2D eigenvalue weighted by Crippen LogP contribution is -2.46. The summed E-state index contributed by atoms with van der Waals surface area (Å²) in [7, 11) is 1.23. The molecule has 2 atom stereocenters. The molecule has 1 heterocycles. The minimum atomic E-state index is -0.924. The summed E-state index contributed by atoms with van der Waals surface area (Å²) >= 11 is 0. The van der Waals surface area contributed by atoms with Crippen molar-refractivity contribution in [3.8, 4) is 11.8 Å². The normalized spacial score (nSPS) is 21.1. The van der Waals surface area contributed by atoms with Crippen LogP contribution >= 0.6 is 0 Å². The van der Waals surface area contributed by atoms with E-state index in [0.717, 1.165) is 4.90 Å². The monoisotopic (exact) mass is 309 g/mol. The quantitative estimate of drug-likeness (QED) is 0.590. The molecule has 1 aliphatic heterocycles. The molecule has 1 saturated heterocycles. The average molecular weight is 309 g/mol. The van der Waals surface area contributed by atoms with Crippen molar-refractivity contribution in [2.24, 2.45) is 5.92 Å². The van der Waals surface area contributed by atoms with Crippen LogP contribution in [-0.4, -0.2) is 41.6 Å². The molecule has 0 aromatic heterocycles.